The highest BCUT2D eigenvalue weighted by Gasteiger charge is 2.22. The highest BCUT2D eigenvalue weighted by atomic mass is 35.5. The molecule has 2 aromatic rings. The zero-order valence-corrected chi connectivity index (χ0v) is 15.3. The summed E-state index contributed by atoms with van der Waals surface area (Å²) in [5.41, 5.74) is 2.99. The lowest BCUT2D eigenvalue weighted by Gasteiger charge is -2.27. The van der Waals surface area contributed by atoms with Gasteiger partial charge < -0.3 is 20.3 Å². The zero-order chi connectivity index (χ0) is 16.6. The van der Waals surface area contributed by atoms with E-state index in [-0.39, 0.29) is 29.9 Å². The van der Waals surface area contributed by atoms with Gasteiger partial charge in [0.1, 0.15) is 0 Å². The van der Waals surface area contributed by atoms with Crippen LogP contribution >= 0.6 is 35.6 Å². The van der Waals surface area contributed by atoms with Crippen LogP contribution in [0.3, 0.4) is 0 Å². The molecule has 0 aromatic heterocycles. The fourth-order valence-electron chi connectivity index (χ4n) is 3.01. The molecule has 0 amide bonds. The van der Waals surface area contributed by atoms with Crippen molar-refractivity contribution in [2.24, 2.45) is 0 Å². The summed E-state index contributed by atoms with van der Waals surface area (Å²) in [6.07, 6.45) is 1.48. The highest BCUT2D eigenvalue weighted by Crippen LogP contribution is 2.37. The molecule has 130 valence electrons. The van der Waals surface area contributed by atoms with Crippen LogP contribution in [0.15, 0.2) is 24.3 Å². The first-order valence-electron chi connectivity index (χ1n) is 7.29. The summed E-state index contributed by atoms with van der Waals surface area (Å²) >= 11 is 12.4. The van der Waals surface area contributed by atoms with Crippen LogP contribution in [0.25, 0.3) is 0 Å². The Balaban J connectivity index is 0.00000208. The van der Waals surface area contributed by atoms with Crippen molar-refractivity contribution >= 4 is 35.6 Å². The van der Waals surface area contributed by atoms with Crippen molar-refractivity contribution < 1.29 is 14.9 Å². The maximum absolute atomic E-state index is 9.78. The van der Waals surface area contributed by atoms with E-state index in [9.17, 15) is 10.2 Å². The van der Waals surface area contributed by atoms with Gasteiger partial charge in [0.15, 0.2) is 17.2 Å². The summed E-state index contributed by atoms with van der Waals surface area (Å²) in [4.78, 5) is 0. The van der Waals surface area contributed by atoms with Crippen molar-refractivity contribution in [2.45, 2.75) is 18.9 Å². The number of nitrogens with one attached hydrogen (secondary N) is 1. The molecular weight excluding hydrogens is 373 g/mol. The van der Waals surface area contributed by atoms with Gasteiger partial charge in [-0.1, -0.05) is 23.2 Å². The van der Waals surface area contributed by atoms with Gasteiger partial charge in [-0.15, -0.1) is 12.4 Å². The third-order valence-electron chi connectivity index (χ3n) is 4.10. The van der Waals surface area contributed by atoms with Gasteiger partial charge >= 0.3 is 0 Å². The number of aromatic hydroxyl groups is 2. The zero-order valence-electron chi connectivity index (χ0n) is 13.0. The van der Waals surface area contributed by atoms with E-state index in [1.807, 2.05) is 12.1 Å². The smallest absolute Gasteiger partial charge is 0.157 e. The summed E-state index contributed by atoms with van der Waals surface area (Å²) in [6.45, 7) is 0.805. The van der Waals surface area contributed by atoms with E-state index < -0.39 is 0 Å². The number of ether oxygens (including phenoxy) is 1. The molecule has 0 fully saturated rings. The third-order valence-corrected chi connectivity index (χ3v) is 4.66. The molecule has 0 saturated carbocycles. The first kappa shape index (κ1) is 19.0. The number of hydrogen-bond donors (Lipinski definition) is 3. The van der Waals surface area contributed by atoms with E-state index in [1.54, 1.807) is 12.1 Å². The molecule has 24 heavy (non-hydrogen) atoms. The molecule has 7 heteroatoms. The number of halogens is 3. The van der Waals surface area contributed by atoms with Gasteiger partial charge in [-0.25, -0.2) is 0 Å². The minimum absolute atomic E-state index is 0. The van der Waals surface area contributed by atoms with E-state index >= 15 is 0 Å². The van der Waals surface area contributed by atoms with Gasteiger partial charge in [0.2, 0.25) is 0 Å². The number of benzene rings is 2. The normalized spacial score (nSPS) is 16.2. The molecule has 0 aliphatic carbocycles. The minimum atomic E-state index is -0.108. The second-order valence-electron chi connectivity index (χ2n) is 5.59. The van der Waals surface area contributed by atoms with E-state index in [1.165, 1.54) is 7.11 Å². The molecule has 3 rings (SSSR count). The topological polar surface area (TPSA) is 61.7 Å². The molecule has 1 aliphatic rings. The Bertz CT molecular complexity index is 729. The molecule has 3 N–H and O–H groups in total. The van der Waals surface area contributed by atoms with Crippen LogP contribution in [-0.2, 0) is 12.8 Å². The molecule has 1 unspecified atom stereocenters. The number of phenols is 2. The van der Waals surface area contributed by atoms with Crippen LogP contribution in [-0.4, -0.2) is 23.9 Å². The first-order chi connectivity index (χ1) is 11.0. The Morgan fingerprint density at radius 1 is 1.12 bits per heavy atom. The van der Waals surface area contributed by atoms with Crippen LogP contribution in [0.2, 0.25) is 10.0 Å². The van der Waals surface area contributed by atoms with Crippen LogP contribution < -0.4 is 10.1 Å². The maximum atomic E-state index is 9.78. The molecular formula is C17H18Cl3NO3. The second kappa shape index (κ2) is 7.70. The summed E-state index contributed by atoms with van der Waals surface area (Å²) < 4.78 is 5.17. The SMILES string of the molecule is COc1c(Cl)cc(CC2NCCc3cc(O)c(O)cc32)cc1Cl.Cl. The number of hydrogen-bond acceptors (Lipinski definition) is 4. The molecule has 1 aliphatic heterocycles. The van der Waals surface area contributed by atoms with E-state index in [0.29, 0.717) is 22.2 Å². The van der Waals surface area contributed by atoms with E-state index in [2.05, 4.69) is 5.32 Å². The Morgan fingerprint density at radius 2 is 1.75 bits per heavy atom. The number of fused-ring (bicyclic) bond motifs is 1. The molecule has 1 atom stereocenters. The fourth-order valence-corrected chi connectivity index (χ4v) is 3.70. The standard InChI is InChI=1S/C17H17Cl2NO3.ClH/c1-23-17-12(18)4-9(5-13(17)19)6-14-11-8-16(22)15(21)7-10(11)2-3-20-14;/h4-5,7-8,14,20-22H,2-3,6H2,1H3;1H. The quantitative estimate of drug-likeness (QED) is 0.685. The second-order valence-corrected chi connectivity index (χ2v) is 6.41. The van der Waals surface area contributed by atoms with Crippen molar-refractivity contribution in [3.8, 4) is 17.2 Å². The molecule has 0 radical (unpaired) electrons. The summed E-state index contributed by atoms with van der Waals surface area (Å²) in [5.74, 6) is 0.278. The van der Waals surface area contributed by atoms with Crippen molar-refractivity contribution in [3.63, 3.8) is 0 Å². The number of rotatable bonds is 3. The lowest BCUT2D eigenvalue weighted by Crippen LogP contribution is -2.31. The largest absolute Gasteiger partial charge is 0.504 e. The Hall–Kier alpha value is -1.33. The van der Waals surface area contributed by atoms with Crippen LogP contribution in [0.1, 0.15) is 22.7 Å². The molecule has 4 nitrogen and oxygen atoms in total. The predicted molar refractivity (Wildman–Crippen MR) is 98.2 cm³/mol. The van der Waals surface area contributed by atoms with Crippen molar-refractivity contribution in [3.05, 3.63) is 51.0 Å². The lowest BCUT2D eigenvalue weighted by molar-refractivity contribution is 0.398. The van der Waals surface area contributed by atoms with Gasteiger partial charge in [0.05, 0.1) is 17.2 Å². The average molecular weight is 391 g/mol. The predicted octanol–water partition coefficient (Wildman–Crippen LogP) is 4.26. The molecule has 0 bridgehead atoms. The average Bonchev–Trinajstić information content (AvgIpc) is 2.49. The summed E-state index contributed by atoms with van der Waals surface area (Å²) in [6, 6.07) is 6.94. The van der Waals surface area contributed by atoms with Gasteiger partial charge in [0.25, 0.3) is 0 Å². The molecule has 0 saturated heterocycles. The summed E-state index contributed by atoms with van der Waals surface area (Å²) in [7, 11) is 1.53. The number of phenolic OH excluding ortho intramolecular Hbond substituents is 2. The molecule has 1 heterocycles. The third kappa shape index (κ3) is 3.67. The van der Waals surface area contributed by atoms with Crippen LogP contribution in [0.4, 0.5) is 0 Å². The van der Waals surface area contributed by atoms with E-state index in [4.69, 9.17) is 27.9 Å². The van der Waals surface area contributed by atoms with Crippen molar-refractivity contribution in [1.29, 1.82) is 0 Å². The minimum Gasteiger partial charge on any atom is -0.504 e. The van der Waals surface area contributed by atoms with Crippen LogP contribution in [0.5, 0.6) is 17.2 Å². The molecule has 0 spiro atoms. The summed E-state index contributed by atoms with van der Waals surface area (Å²) in [5, 5.41) is 23.8. The first-order valence-corrected chi connectivity index (χ1v) is 8.05. The van der Waals surface area contributed by atoms with Crippen molar-refractivity contribution in [2.75, 3.05) is 13.7 Å². The Labute approximate surface area is 156 Å². The van der Waals surface area contributed by atoms with Crippen LogP contribution in [0, 0.1) is 0 Å². The monoisotopic (exact) mass is 389 g/mol. The van der Waals surface area contributed by atoms with E-state index in [0.717, 1.165) is 29.7 Å². The lowest BCUT2D eigenvalue weighted by atomic mass is 9.90. The molecule has 2 aromatic carbocycles. The van der Waals surface area contributed by atoms with Gasteiger partial charge in [-0.3, -0.25) is 0 Å². The Morgan fingerprint density at radius 3 is 2.38 bits per heavy atom. The Kier molecular flexibility index (Phi) is 6.10. The van der Waals surface area contributed by atoms with Gasteiger partial charge in [-0.05, 0) is 60.3 Å². The fraction of sp³-hybridized carbons (Fsp3) is 0.294. The maximum Gasteiger partial charge on any atom is 0.157 e. The highest BCUT2D eigenvalue weighted by molar-refractivity contribution is 6.37. The number of methoxy groups -OCH3 is 1. The van der Waals surface area contributed by atoms with Gasteiger partial charge in [-0.2, -0.15) is 0 Å². The van der Waals surface area contributed by atoms with Gasteiger partial charge in [0, 0.05) is 6.04 Å². The van der Waals surface area contributed by atoms with Crippen molar-refractivity contribution in [1.82, 2.24) is 5.32 Å².